The smallest absolute Gasteiger partial charge is 0.259 e. The number of halogens is 1. The summed E-state index contributed by atoms with van der Waals surface area (Å²) in [4.78, 5) is 12.3. The third-order valence-corrected chi connectivity index (χ3v) is 3.53. The molecule has 0 aliphatic heterocycles. The zero-order valence-electron chi connectivity index (χ0n) is 11.7. The first-order chi connectivity index (χ1) is 10.1. The van der Waals surface area contributed by atoms with Crippen LogP contribution >= 0.6 is 15.9 Å². The van der Waals surface area contributed by atoms with Crippen molar-refractivity contribution >= 4 is 27.5 Å². The van der Waals surface area contributed by atoms with Gasteiger partial charge in [-0.25, -0.2) is 0 Å². The molecule has 0 aliphatic carbocycles. The molecule has 0 spiro atoms. The van der Waals surface area contributed by atoms with Crippen LogP contribution in [-0.4, -0.2) is 17.6 Å². The number of aromatic hydroxyl groups is 1. The molecule has 2 aromatic rings. The zero-order chi connectivity index (χ0) is 15.2. The highest BCUT2D eigenvalue weighted by atomic mass is 79.9. The molecular formula is C16H17BrN2O2. The fourth-order valence-electron chi connectivity index (χ4n) is 1.94. The van der Waals surface area contributed by atoms with Gasteiger partial charge in [-0.3, -0.25) is 4.79 Å². The van der Waals surface area contributed by atoms with E-state index in [9.17, 15) is 9.90 Å². The van der Waals surface area contributed by atoms with Gasteiger partial charge in [0, 0.05) is 16.7 Å². The predicted octanol–water partition coefficient (Wildman–Crippen LogP) is 3.52. The number of nitrogens with one attached hydrogen (secondary N) is 2. The first-order valence-corrected chi connectivity index (χ1v) is 7.49. The molecule has 0 saturated heterocycles. The van der Waals surface area contributed by atoms with Gasteiger partial charge in [0.15, 0.2) is 0 Å². The molecule has 0 radical (unpaired) electrons. The highest BCUT2D eigenvalue weighted by molar-refractivity contribution is 9.10. The van der Waals surface area contributed by atoms with E-state index in [-0.39, 0.29) is 17.2 Å². The molecule has 3 N–H and O–H groups in total. The Morgan fingerprint density at radius 1 is 1.24 bits per heavy atom. The maximum absolute atomic E-state index is 12.3. The van der Waals surface area contributed by atoms with E-state index in [0.717, 1.165) is 22.3 Å². The van der Waals surface area contributed by atoms with Crippen LogP contribution in [-0.2, 0) is 6.54 Å². The lowest BCUT2D eigenvalue weighted by atomic mass is 10.1. The van der Waals surface area contributed by atoms with Crippen molar-refractivity contribution in [1.29, 1.82) is 0 Å². The van der Waals surface area contributed by atoms with Crippen LogP contribution < -0.4 is 10.6 Å². The van der Waals surface area contributed by atoms with E-state index < -0.39 is 0 Å². The second kappa shape index (κ2) is 7.24. The normalized spacial score (nSPS) is 10.4. The Bertz CT molecular complexity index is 644. The lowest BCUT2D eigenvalue weighted by Crippen LogP contribution is -2.17. The predicted molar refractivity (Wildman–Crippen MR) is 87.6 cm³/mol. The summed E-state index contributed by atoms with van der Waals surface area (Å²) < 4.78 is 0.742. The van der Waals surface area contributed by atoms with Crippen LogP contribution in [0.4, 0.5) is 5.69 Å². The first-order valence-electron chi connectivity index (χ1n) is 6.70. The first kappa shape index (κ1) is 15.5. The van der Waals surface area contributed by atoms with Gasteiger partial charge in [0.2, 0.25) is 0 Å². The van der Waals surface area contributed by atoms with Gasteiger partial charge in [-0.15, -0.1) is 0 Å². The van der Waals surface area contributed by atoms with Crippen molar-refractivity contribution in [3.8, 4) is 5.75 Å². The van der Waals surface area contributed by atoms with Gasteiger partial charge < -0.3 is 15.7 Å². The van der Waals surface area contributed by atoms with Crippen molar-refractivity contribution in [2.75, 3.05) is 11.9 Å². The summed E-state index contributed by atoms with van der Waals surface area (Å²) in [6, 6.07) is 12.4. The van der Waals surface area contributed by atoms with Gasteiger partial charge in [-0.2, -0.15) is 0 Å². The van der Waals surface area contributed by atoms with E-state index in [1.165, 1.54) is 6.07 Å². The Hall–Kier alpha value is -1.85. The average Bonchev–Trinajstić information content (AvgIpc) is 2.48. The van der Waals surface area contributed by atoms with Gasteiger partial charge in [-0.1, -0.05) is 41.1 Å². The molecule has 4 nitrogen and oxygen atoms in total. The fourth-order valence-corrected chi connectivity index (χ4v) is 2.30. The third-order valence-electron chi connectivity index (χ3n) is 3.03. The number of benzene rings is 2. The molecule has 2 aromatic carbocycles. The van der Waals surface area contributed by atoms with Crippen LogP contribution in [0.25, 0.3) is 0 Å². The van der Waals surface area contributed by atoms with Crippen molar-refractivity contribution in [3.05, 3.63) is 58.1 Å². The van der Waals surface area contributed by atoms with Crippen molar-refractivity contribution in [2.45, 2.75) is 13.5 Å². The number of hydrogen-bond donors (Lipinski definition) is 3. The van der Waals surface area contributed by atoms with Crippen molar-refractivity contribution in [3.63, 3.8) is 0 Å². The lowest BCUT2D eigenvalue weighted by molar-refractivity contribution is 0.102. The van der Waals surface area contributed by atoms with Crippen LogP contribution in [0.1, 0.15) is 22.8 Å². The largest absolute Gasteiger partial charge is 0.507 e. The van der Waals surface area contributed by atoms with E-state index in [0.29, 0.717) is 6.54 Å². The van der Waals surface area contributed by atoms with Crippen LogP contribution in [0.3, 0.4) is 0 Å². The highest BCUT2D eigenvalue weighted by Gasteiger charge is 2.13. The second-order valence-corrected chi connectivity index (χ2v) is 5.47. The molecule has 5 heteroatoms. The SMILES string of the molecule is CCNCc1ccccc1NC(=O)c1cc(Br)ccc1O. The number of rotatable bonds is 5. The van der Waals surface area contributed by atoms with Crippen molar-refractivity contribution in [2.24, 2.45) is 0 Å². The van der Waals surface area contributed by atoms with E-state index in [1.807, 2.05) is 31.2 Å². The molecule has 1 amide bonds. The maximum atomic E-state index is 12.3. The Morgan fingerprint density at radius 3 is 2.76 bits per heavy atom. The summed E-state index contributed by atoms with van der Waals surface area (Å²) in [7, 11) is 0. The van der Waals surface area contributed by atoms with Gasteiger partial charge in [0.25, 0.3) is 5.91 Å². The third kappa shape index (κ3) is 4.06. The maximum Gasteiger partial charge on any atom is 0.259 e. The Balaban J connectivity index is 2.21. The second-order valence-electron chi connectivity index (χ2n) is 4.55. The van der Waals surface area contributed by atoms with Crippen LogP contribution in [0.5, 0.6) is 5.75 Å². The van der Waals surface area contributed by atoms with Gasteiger partial charge >= 0.3 is 0 Å². The Labute approximate surface area is 132 Å². The van der Waals surface area contributed by atoms with Gasteiger partial charge in [-0.05, 0) is 36.4 Å². The molecule has 0 saturated carbocycles. The number of para-hydroxylation sites is 1. The van der Waals surface area contributed by atoms with Crippen LogP contribution in [0.15, 0.2) is 46.9 Å². The molecular weight excluding hydrogens is 332 g/mol. The number of carbonyl (C=O) groups excluding carboxylic acids is 1. The number of carbonyl (C=O) groups is 1. The molecule has 0 bridgehead atoms. The highest BCUT2D eigenvalue weighted by Crippen LogP contribution is 2.24. The fraction of sp³-hybridized carbons (Fsp3) is 0.188. The van der Waals surface area contributed by atoms with Gasteiger partial charge in [0.05, 0.1) is 5.56 Å². The monoisotopic (exact) mass is 348 g/mol. The average molecular weight is 349 g/mol. The zero-order valence-corrected chi connectivity index (χ0v) is 13.3. The molecule has 0 atom stereocenters. The molecule has 0 heterocycles. The molecule has 0 aromatic heterocycles. The van der Waals surface area contributed by atoms with E-state index in [2.05, 4.69) is 26.6 Å². The number of anilines is 1. The van der Waals surface area contributed by atoms with Gasteiger partial charge in [0.1, 0.15) is 5.75 Å². The van der Waals surface area contributed by atoms with E-state index in [4.69, 9.17) is 0 Å². The summed E-state index contributed by atoms with van der Waals surface area (Å²) in [5.41, 5.74) is 1.98. The minimum absolute atomic E-state index is 0.0418. The number of phenolic OH excluding ortho intramolecular Hbond substituents is 1. The van der Waals surface area contributed by atoms with E-state index in [1.54, 1.807) is 12.1 Å². The minimum atomic E-state index is -0.335. The molecule has 2 rings (SSSR count). The summed E-state index contributed by atoms with van der Waals surface area (Å²) in [5, 5.41) is 15.9. The van der Waals surface area contributed by atoms with Crippen molar-refractivity contribution < 1.29 is 9.90 Å². The lowest BCUT2D eigenvalue weighted by Gasteiger charge is -2.12. The summed E-state index contributed by atoms with van der Waals surface area (Å²) >= 11 is 3.30. The quantitative estimate of drug-likeness (QED) is 0.774. The standard InChI is InChI=1S/C16H17BrN2O2/c1-2-18-10-11-5-3-4-6-14(11)19-16(21)13-9-12(17)7-8-15(13)20/h3-9,18,20H,2,10H2,1H3,(H,19,21). The van der Waals surface area contributed by atoms with E-state index >= 15 is 0 Å². The molecule has 110 valence electrons. The van der Waals surface area contributed by atoms with Crippen LogP contribution in [0, 0.1) is 0 Å². The molecule has 0 aliphatic rings. The Morgan fingerprint density at radius 2 is 2.00 bits per heavy atom. The number of hydrogen-bond acceptors (Lipinski definition) is 3. The minimum Gasteiger partial charge on any atom is -0.507 e. The summed E-state index contributed by atoms with van der Waals surface area (Å²) in [6.45, 7) is 3.56. The number of amides is 1. The number of phenols is 1. The van der Waals surface area contributed by atoms with Crippen molar-refractivity contribution in [1.82, 2.24) is 5.32 Å². The van der Waals surface area contributed by atoms with Crippen LogP contribution in [0.2, 0.25) is 0 Å². The molecule has 0 fully saturated rings. The molecule has 21 heavy (non-hydrogen) atoms. The molecule has 0 unspecified atom stereocenters. The summed E-state index contributed by atoms with van der Waals surface area (Å²) in [5.74, 6) is -0.377. The summed E-state index contributed by atoms with van der Waals surface area (Å²) in [6.07, 6.45) is 0. The Kier molecular flexibility index (Phi) is 5.36. The topological polar surface area (TPSA) is 61.4 Å².